The van der Waals surface area contributed by atoms with E-state index in [1.165, 1.54) is 11.1 Å². The first-order valence-electron chi connectivity index (χ1n) is 15.5. The molecule has 0 fully saturated rings. The fourth-order valence-corrected chi connectivity index (χ4v) is 6.80. The van der Waals surface area contributed by atoms with Crippen molar-refractivity contribution in [2.75, 3.05) is 4.90 Å². The Kier molecular flexibility index (Phi) is 6.20. The Morgan fingerprint density at radius 2 is 0.935 bits per heavy atom. The Labute approximate surface area is 267 Å². The molecule has 5 heteroatoms. The normalized spacial score (nSPS) is 16.0. The third-order valence-electron chi connectivity index (χ3n) is 8.87. The summed E-state index contributed by atoms with van der Waals surface area (Å²) >= 11 is 0. The fourth-order valence-electron chi connectivity index (χ4n) is 6.80. The molecule has 0 radical (unpaired) electrons. The number of aromatic nitrogens is 3. The van der Waals surface area contributed by atoms with Gasteiger partial charge in [0, 0.05) is 33.5 Å². The molecule has 0 saturated heterocycles. The Bertz CT molecular complexity index is 2160. The summed E-state index contributed by atoms with van der Waals surface area (Å²) in [5.74, 6) is 2.94. The number of anilines is 3. The van der Waals surface area contributed by atoms with Crippen LogP contribution in [0.25, 0.3) is 34.2 Å². The maximum Gasteiger partial charge on any atom is 0.164 e. The Balaban J connectivity index is 1.23. The minimum absolute atomic E-state index is 0.0760. The van der Waals surface area contributed by atoms with Crippen molar-refractivity contribution in [3.63, 3.8) is 0 Å². The zero-order valence-corrected chi connectivity index (χ0v) is 24.9. The van der Waals surface area contributed by atoms with E-state index in [2.05, 4.69) is 95.9 Å². The molecule has 2 aliphatic rings. The molecule has 2 atom stereocenters. The second-order valence-electron chi connectivity index (χ2n) is 11.6. The molecule has 0 spiro atoms. The molecular weight excluding hydrogens is 564 g/mol. The van der Waals surface area contributed by atoms with Crippen LogP contribution in [0.4, 0.5) is 17.1 Å². The van der Waals surface area contributed by atoms with E-state index in [9.17, 15) is 0 Å². The molecule has 0 bridgehead atoms. The van der Waals surface area contributed by atoms with Crippen LogP contribution in [0.1, 0.15) is 28.7 Å². The summed E-state index contributed by atoms with van der Waals surface area (Å²) in [6.07, 6.45) is -0.131. The number of ether oxygens (including phenoxy) is 1. The van der Waals surface area contributed by atoms with Gasteiger partial charge in [0.05, 0.1) is 17.3 Å². The first-order chi connectivity index (χ1) is 22.8. The summed E-state index contributed by atoms with van der Waals surface area (Å²) in [5.41, 5.74) is 9.66. The first kappa shape index (κ1) is 26.3. The van der Waals surface area contributed by atoms with E-state index < -0.39 is 0 Å². The van der Waals surface area contributed by atoms with Crippen LogP contribution in [0.5, 0.6) is 5.75 Å². The average Bonchev–Trinajstić information content (AvgIpc) is 3.47. The van der Waals surface area contributed by atoms with E-state index in [1.807, 2.05) is 66.7 Å². The molecule has 7 aromatic rings. The molecule has 0 amide bonds. The van der Waals surface area contributed by atoms with Crippen LogP contribution in [0.2, 0.25) is 0 Å². The van der Waals surface area contributed by atoms with Gasteiger partial charge in [0.15, 0.2) is 17.5 Å². The molecule has 218 valence electrons. The highest BCUT2D eigenvalue weighted by molar-refractivity contribution is 5.85. The SMILES string of the molecule is c1ccc(-c2nc(-c3ccccc3)nc(-c3cccc(N4c5ccccc5C5Oc6ccccc6C5c5ccccc54)c3)n2)cc1. The van der Waals surface area contributed by atoms with Gasteiger partial charge < -0.3 is 9.64 Å². The number of hydrogen-bond acceptors (Lipinski definition) is 5. The average molecular weight is 593 g/mol. The smallest absolute Gasteiger partial charge is 0.164 e. The Morgan fingerprint density at radius 1 is 0.435 bits per heavy atom. The van der Waals surface area contributed by atoms with E-state index in [4.69, 9.17) is 19.7 Å². The van der Waals surface area contributed by atoms with Crippen molar-refractivity contribution in [2.24, 2.45) is 0 Å². The van der Waals surface area contributed by atoms with Gasteiger partial charge in [0.25, 0.3) is 0 Å². The topological polar surface area (TPSA) is 51.1 Å². The van der Waals surface area contributed by atoms with Gasteiger partial charge in [-0.25, -0.2) is 15.0 Å². The van der Waals surface area contributed by atoms with Crippen LogP contribution >= 0.6 is 0 Å². The minimum Gasteiger partial charge on any atom is -0.484 e. The number of benzene rings is 6. The standard InChI is InChI=1S/C41H28N4O/c1-3-14-27(15-4-1)39-42-40(28-16-5-2-6-17-28)44-41(43-39)29-18-13-19-30(26-29)45-34-23-10-7-20-31(34)37-33-22-9-12-25-36(33)46-38(37)32-21-8-11-24-35(32)45/h1-26,37-38H. The lowest BCUT2D eigenvalue weighted by Gasteiger charge is -2.28. The monoisotopic (exact) mass is 592 g/mol. The third kappa shape index (κ3) is 4.36. The lowest BCUT2D eigenvalue weighted by Crippen LogP contribution is -2.12. The van der Waals surface area contributed by atoms with Gasteiger partial charge in [-0.3, -0.25) is 0 Å². The summed E-state index contributed by atoms with van der Waals surface area (Å²) in [5, 5.41) is 0. The zero-order valence-electron chi connectivity index (χ0n) is 24.9. The van der Waals surface area contributed by atoms with Gasteiger partial charge in [-0.15, -0.1) is 0 Å². The maximum absolute atomic E-state index is 6.71. The van der Waals surface area contributed by atoms with Crippen molar-refractivity contribution in [2.45, 2.75) is 12.0 Å². The predicted octanol–water partition coefficient (Wildman–Crippen LogP) is 9.92. The molecular formula is C41H28N4O. The summed E-state index contributed by atoms with van der Waals surface area (Å²) in [7, 11) is 0. The van der Waals surface area contributed by atoms with Crippen molar-refractivity contribution >= 4 is 17.1 Å². The number of rotatable bonds is 4. The quantitative estimate of drug-likeness (QED) is 0.204. The molecule has 5 nitrogen and oxygen atoms in total. The molecule has 2 unspecified atom stereocenters. The summed E-state index contributed by atoms with van der Waals surface area (Å²) in [6.45, 7) is 0. The predicted molar refractivity (Wildman–Crippen MR) is 182 cm³/mol. The van der Waals surface area contributed by atoms with Crippen LogP contribution in [-0.4, -0.2) is 15.0 Å². The van der Waals surface area contributed by atoms with Crippen LogP contribution < -0.4 is 9.64 Å². The second-order valence-corrected chi connectivity index (χ2v) is 11.6. The largest absolute Gasteiger partial charge is 0.484 e. The summed E-state index contributed by atoms with van der Waals surface area (Å²) < 4.78 is 6.71. The van der Waals surface area contributed by atoms with Crippen molar-refractivity contribution in [1.29, 1.82) is 0 Å². The zero-order chi connectivity index (χ0) is 30.5. The first-order valence-corrected chi connectivity index (χ1v) is 15.5. The van der Waals surface area contributed by atoms with Crippen molar-refractivity contribution in [3.05, 3.63) is 174 Å². The molecule has 0 N–H and O–H groups in total. The Morgan fingerprint density at radius 3 is 1.61 bits per heavy atom. The van der Waals surface area contributed by atoms with E-state index in [-0.39, 0.29) is 12.0 Å². The van der Waals surface area contributed by atoms with Gasteiger partial charge in [-0.05, 0) is 35.9 Å². The molecule has 3 heterocycles. The lowest BCUT2D eigenvalue weighted by atomic mass is 9.85. The molecule has 1 aromatic heterocycles. The molecule has 9 rings (SSSR count). The maximum atomic E-state index is 6.71. The van der Waals surface area contributed by atoms with E-state index in [0.717, 1.165) is 45.1 Å². The summed E-state index contributed by atoms with van der Waals surface area (Å²) in [6, 6.07) is 54.4. The summed E-state index contributed by atoms with van der Waals surface area (Å²) in [4.78, 5) is 17.3. The number of nitrogens with zero attached hydrogens (tertiary/aromatic N) is 4. The highest BCUT2D eigenvalue weighted by Crippen LogP contribution is 2.57. The van der Waals surface area contributed by atoms with Crippen molar-refractivity contribution < 1.29 is 4.74 Å². The highest BCUT2D eigenvalue weighted by atomic mass is 16.5. The Hall–Kier alpha value is -6.07. The molecule has 6 aromatic carbocycles. The molecule has 46 heavy (non-hydrogen) atoms. The molecule has 0 saturated carbocycles. The fraction of sp³-hybridized carbons (Fsp3) is 0.0488. The molecule has 0 aliphatic carbocycles. The van der Waals surface area contributed by atoms with Gasteiger partial charge >= 0.3 is 0 Å². The van der Waals surface area contributed by atoms with Crippen LogP contribution in [0.15, 0.2) is 158 Å². The van der Waals surface area contributed by atoms with E-state index >= 15 is 0 Å². The van der Waals surface area contributed by atoms with Crippen LogP contribution in [-0.2, 0) is 0 Å². The number of hydrogen-bond donors (Lipinski definition) is 0. The van der Waals surface area contributed by atoms with E-state index in [1.54, 1.807) is 0 Å². The second kappa shape index (κ2) is 10.8. The van der Waals surface area contributed by atoms with Crippen molar-refractivity contribution in [3.8, 4) is 39.9 Å². The third-order valence-corrected chi connectivity index (χ3v) is 8.87. The molecule has 2 aliphatic heterocycles. The van der Waals surface area contributed by atoms with Crippen molar-refractivity contribution in [1.82, 2.24) is 15.0 Å². The van der Waals surface area contributed by atoms with Gasteiger partial charge in [0.1, 0.15) is 11.9 Å². The van der Waals surface area contributed by atoms with E-state index in [0.29, 0.717) is 17.5 Å². The van der Waals surface area contributed by atoms with Gasteiger partial charge in [-0.2, -0.15) is 0 Å². The highest BCUT2D eigenvalue weighted by Gasteiger charge is 2.42. The number of para-hydroxylation sites is 3. The van der Waals surface area contributed by atoms with Crippen LogP contribution in [0.3, 0.4) is 0 Å². The van der Waals surface area contributed by atoms with Crippen LogP contribution in [0, 0.1) is 0 Å². The lowest BCUT2D eigenvalue weighted by molar-refractivity contribution is 0.224. The van der Waals surface area contributed by atoms with Gasteiger partial charge in [0.2, 0.25) is 0 Å². The minimum atomic E-state index is -0.131. The number of fused-ring (bicyclic) bond motifs is 7. The van der Waals surface area contributed by atoms with Gasteiger partial charge in [-0.1, -0.05) is 127 Å².